The summed E-state index contributed by atoms with van der Waals surface area (Å²) >= 11 is 18.9. The van der Waals surface area contributed by atoms with Gasteiger partial charge in [0.05, 0.1) is 12.1 Å². The molecule has 35 heavy (non-hydrogen) atoms. The van der Waals surface area contributed by atoms with Gasteiger partial charge in [-0.15, -0.1) is 0 Å². The second-order valence-electron chi connectivity index (χ2n) is 7.70. The summed E-state index contributed by atoms with van der Waals surface area (Å²) in [4.78, 5) is 4.41. The topological polar surface area (TPSA) is 81.2 Å². The molecule has 176 valence electrons. The van der Waals surface area contributed by atoms with E-state index < -0.39 is 0 Å². The molecule has 4 aromatic rings. The van der Waals surface area contributed by atoms with Gasteiger partial charge < -0.3 is 15.2 Å². The molecule has 0 atom stereocenters. The number of nitriles is 1. The normalized spacial score (nSPS) is 10.6. The third-order valence-corrected chi connectivity index (χ3v) is 6.35. The van der Waals surface area contributed by atoms with Gasteiger partial charge in [-0.3, -0.25) is 0 Å². The molecule has 0 unspecified atom stereocenters. The van der Waals surface area contributed by atoms with Crippen molar-refractivity contribution in [1.29, 1.82) is 5.26 Å². The number of pyridine rings is 1. The van der Waals surface area contributed by atoms with Crippen molar-refractivity contribution in [3.05, 3.63) is 92.6 Å². The maximum absolute atomic E-state index is 9.95. The number of benzene rings is 3. The Morgan fingerprint density at radius 1 is 0.943 bits per heavy atom. The number of nitrogen functional groups attached to an aromatic ring is 1. The van der Waals surface area contributed by atoms with Crippen molar-refractivity contribution in [3.8, 4) is 39.8 Å². The Balaban J connectivity index is 1.84. The van der Waals surface area contributed by atoms with E-state index in [-0.39, 0.29) is 18.0 Å². The summed E-state index contributed by atoms with van der Waals surface area (Å²) in [7, 11) is 1.52. The zero-order valence-electron chi connectivity index (χ0n) is 18.9. The number of aryl methyl sites for hydroxylation is 1. The van der Waals surface area contributed by atoms with E-state index in [1.165, 1.54) is 7.11 Å². The molecule has 8 heteroatoms. The molecule has 3 aromatic carbocycles. The predicted molar refractivity (Wildman–Crippen MR) is 141 cm³/mol. The predicted octanol–water partition coefficient (Wildman–Crippen LogP) is 7.73. The molecule has 0 aliphatic carbocycles. The lowest BCUT2D eigenvalue weighted by atomic mass is 9.90. The molecule has 0 aliphatic rings. The van der Waals surface area contributed by atoms with Crippen LogP contribution in [0.2, 0.25) is 15.1 Å². The van der Waals surface area contributed by atoms with Gasteiger partial charge in [-0.2, -0.15) is 5.26 Å². The van der Waals surface area contributed by atoms with Crippen LogP contribution >= 0.6 is 34.8 Å². The second kappa shape index (κ2) is 10.5. The van der Waals surface area contributed by atoms with E-state index in [9.17, 15) is 5.26 Å². The first kappa shape index (κ1) is 24.7. The summed E-state index contributed by atoms with van der Waals surface area (Å²) in [5, 5.41) is 11.3. The first-order valence-electron chi connectivity index (χ1n) is 10.5. The SMILES string of the molecule is COc1cc(-c2c(C#N)c(N)nc(C)c2-c2ccccc2)cc(Cl)c1OCc1ccc(Cl)cc1Cl. The highest BCUT2D eigenvalue weighted by molar-refractivity contribution is 6.35. The smallest absolute Gasteiger partial charge is 0.180 e. The van der Waals surface area contributed by atoms with Crippen molar-refractivity contribution in [2.24, 2.45) is 0 Å². The fourth-order valence-electron chi connectivity index (χ4n) is 3.88. The Labute approximate surface area is 218 Å². The molecule has 0 aliphatic heterocycles. The summed E-state index contributed by atoms with van der Waals surface area (Å²) in [6.45, 7) is 2.01. The van der Waals surface area contributed by atoms with Crippen molar-refractivity contribution in [1.82, 2.24) is 4.98 Å². The van der Waals surface area contributed by atoms with Crippen LogP contribution in [0.1, 0.15) is 16.8 Å². The van der Waals surface area contributed by atoms with Crippen molar-refractivity contribution in [3.63, 3.8) is 0 Å². The van der Waals surface area contributed by atoms with E-state index in [0.717, 1.165) is 16.7 Å². The number of methoxy groups -OCH3 is 1. The Kier molecular flexibility index (Phi) is 7.37. The number of halogens is 3. The van der Waals surface area contributed by atoms with E-state index in [0.29, 0.717) is 43.4 Å². The molecule has 4 rings (SSSR count). The number of hydrogen-bond acceptors (Lipinski definition) is 5. The van der Waals surface area contributed by atoms with Gasteiger partial charge in [-0.25, -0.2) is 4.98 Å². The minimum atomic E-state index is 0.146. The zero-order chi connectivity index (χ0) is 25.1. The van der Waals surface area contributed by atoms with Crippen LogP contribution in [0.3, 0.4) is 0 Å². The highest BCUT2D eigenvalue weighted by Gasteiger charge is 2.22. The minimum Gasteiger partial charge on any atom is -0.493 e. The largest absolute Gasteiger partial charge is 0.493 e. The molecule has 2 N–H and O–H groups in total. The van der Waals surface area contributed by atoms with Gasteiger partial charge in [0.2, 0.25) is 0 Å². The van der Waals surface area contributed by atoms with Gasteiger partial charge in [0.25, 0.3) is 0 Å². The fourth-order valence-corrected chi connectivity index (χ4v) is 4.61. The average Bonchev–Trinajstić information content (AvgIpc) is 2.84. The van der Waals surface area contributed by atoms with Crippen LogP contribution in [0.5, 0.6) is 11.5 Å². The van der Waals surface area contributed by atoms with E-state index in [2.05, 4.69) is 11.1 Å². The van der Waals surface area contributed by atoms with Crippen LogP contribution in [0.15, 0.2) is 60.7 Å². The molecule has 0 amide bonds. The number of nitrogens with zero attached hydrogens (tertiary/aromatic N) is 2. The first-order chi connectivity index (χ1) is 16.8. The number of hydrogen-bond donors (Lipinski definition) is 1. The Bertz CT molecular complexity index is 1450. The Morgan fingerprint density at radius 3 is 2.34 bits per heavy atom. The number of rotatable bonds is 6. The van der Waals surface area contributed by atoms with Crippen molar-refractivity contribution >= 4 is 40.6 Å². The first-order valence-corrected chi connectivity index (χ1v) is 11.7. The third kappa shape index (κ3) is 5.01. The molecule has 0 saturated carbocycles. The van der Waals surface area contributed by atoms with E-state index >= 15 is 0 Å². The molecule has 0 spiro atoms. The van der Waals surface area contributed by atoms with Crippen molar-refractivity contribution < 1.29 is 9.47 Å². The number of nitrogens with two attached hydrogens (primary N) is 1. The maximum atomic E-state index is 9.95. The van der Waals surface area contributed by atoms with Gasteiger partial charge in [-0.1, -0.05) is 71.2 Å². The van der Waals surface area contributed by atoms with Crippen LogP contribution in [0, 0.1) is 18.3 Å². The van der Waals surface area contributed by atoms with Crippen molar-refractivity contribution in [2.45, 2.75) is 13.5 Å². The van der Waals surface area contributed by atoms with Crippen LogP contribution in [-0.2, 0) is 6.61 Å². The highest BCUT2D eigenvalue weighted by atomic mass is 35.5. The zero-order valence-corrected chi connectivity index (χ0v) is 21.2. The summed E-state index contributed by atoms with van der Waals surface area (Å²) in [5.41, 5.74) is 10.8. The average molecular weight is 525 g/mol. The highest BCUT2D eigenvalue weighted by Crippen LogP contribution is 2.45. The van der Waals surface area contributed by atoms with Gasteiger partial charge in [-0.05, 0) is 42.3 Å². The van der Waals surface area contributed by atoms with Gasteiger partial charge >= 0.3 is 0 Å². The standard InChI is InChI=1S/C27H20Cl3N3O2/c1-15-24(16-6-4-3-5-7-16)25(20(13-31)27(32)33-15)18-10-22(30)26(23(11-18)34-2)35-14-17-8-9-19(28)12-21(17)29/h3-12H,14H2,1-2H3,(H2,32,33). The second-order valence-corrected chi connectivity index (χ2v) is 8.95. The molecule has 0 saturated heterocycles. The molecule has 0 bridgehead atoms. The van der Waals surface area contributed by atoms with Crippen molar-refractivity contribution in [2.75, 3.05) is 12.8 Å². The molecule has 5 nitrogen and oxygen atoms in total. The minimum absolute atomic E-state index is 0.146. The lowest BCUT2D eigenvalue weighted by molar-refractivity contribution is 0.285. The van der Waals surface area contributed by atoms with Gasteiger partial charge in [0.1, 0.15) is 24.1 Å². The maximum Gasteiger partial charge on any atom is 0.180 e. The quantitative estimate of drug-likeness (QED) is 0.279. The summed E-state index contributed by atoms with van der Waals surface area (Å²) in [6, 6.07) is 20.5. The molecular formula is C27H20Cl3N3O2. The van der Waals surface area contributed by atoms with Crippen LogP contribution in [0.25, 0.3) is 22.3 Å². The molecule has 1 heterocycles. The number of aromatic nitrogens is 1. The van der Waals surface area contributed by atoms with Crippen LogP contribution in [0.4, 0.5) is 5.82 Å². The van der Waals surface area contributed by atoms with E-state index in [1.807, 2.05) is 37.3 Å². The summed E-state index contributed by atoms with van der Waals surface area (Å²) < 4.78 is 11.6. The molecular weight excluding hydrogens is 505 g/mol. The monoisotopic (exact) mass is 523 g/mol. The van der Waals surface area contributed by atoms with E-state index in [1.54, 1.807) is 30.3 Å². The number of ether oxygens (including phenoxy) is 2. The Hall–Kier alpha value is -3.43. The van der Waals surface area contributed by atoms with Crippen LogP contribution in [-0.4, -0.2) is 12.1 Å². The fraction of sp³-hybridized carbons (Fsp3) is 0.111. The number of anilines is 1. The van der Waals surface area contributed by atoms with E-state index in [4.69, 9.17) is 50.0 Å². The third-order valence-electron chi connectivity index (χ3n) is 5.49. The summed E-state index contributed by atoms with van der Waals surface area (Å²) in [6.07, 6.45) is 0. The lowest BCUT2D eigenvalue weighted by Crippen LogP contribution is -2.04. The Morgan fingerprint density at radius 2 is 1.69 bits per heavy atom. The molecule has 0 radical (unpaired) electrons. The van der Waals surface area contributed by atoms with Gasteiger partial charge in [0.15, 0.2) is 11.5 Å². The lowest BCUT2D eigenvalue weighted by Gasteiger charge is -2.19. The van der Waals surface area contributed by atoms with Crippen LogP contribution < -0.4 is 15.2 Å². The molecule has 1 aromatic heterocycles. The van der Waals surface area contributed by atoms with Gasteiger partial charge in [0, 0.05) is 32.4 Å². The summed E-state index contributed by atoms with van der Waals surface area (Å²) in [5.74, 6) is 0.892. The molecule has 0 fully saturated rings.